The van der Waals surface area contributed by atoms with Crippen molar-refractivity contribution in [2.24, 2.45) is 5.73 Å². The lowest BCUT2D eigenvalue weighted by Crippen LogP contribution is -1.95. The van der Waals surface area contributed by atoms with Crippen LogP contribution in [0.5, 0.6) is 5.75 Å². The van der Waals surface area contributed by atoms with Gasteiger partial charge in [-0.3, -0.25) is 0 Å². The zero-order valence-corrected chi connectivity index (χ0v) is 8.42. The molecule has 74 valence electrons. The number of benzene rings is 1. The molecule has 0 saturated heterocycles. The van der Waals surface area contributed by atoms with Crippen molar-refractivity contribution in [2.45, 2.75) is 13.5 Å². The second-order valence-corrected chi connectivity index (χ2v) is 3.41. The largest absolute Gasteiger partial charge is 0.496 e. The molecule has 0 saturated carbocycles. The van der Waals surface area contributed by atoms with Gasteiger partial charge in [0, 0.05) is 29.2 Å². The van der Waals surface area contributed by atoms with Crippen LogP contribution in [0.4, 0.5) is 0 Å². The van der Waals surface area contributed by atoms with Crippen LogP contribution in [-0.2, 0) is 6.54 Å². The molecule has 0 aliphatic carbocycles. The van der Waals surface area contributed by atoms with E-state index in [0.717, 1.165) is 22.5 Å². The molecule has 3 N–H and O–H groups in total. The Morgan fingerprint density at radius 1 is 1.36 bits per heavy atom. The highest BCUT2D eigenvalue weighted by atomic mass is 16.5. The van der Waals surface area contributed by atoms with Crippen LogP contribution in [0.15, 0.2) is 18.2 Å². The van der Waals surface area contributed by atoms with Gasteiger partial charge in [0.15, 0.2) is 0 Å². The van der Waals surface area contributed by atoms with E-state index in [1.54, 1.807) is 7.11 Å². The summed E-state index contributed by atoms with van der Waals surface area (Å²) >= 11 is 0. The lowest BCUT2D eigenvalue weighted by molar-refractivity contribution is 0.412. The monoisotopic (exact) mass is 190 g/mol. The number of ether oxygens (including phenoxy) is 1. The molecular weight excluding hydrogens is 176 g/mol. The minimum atomic E-state index is 0.538. The molecule has 0 radical (unpaired) electrons. The van der Waals surface area contributed by atoms with Gasteiger partial charge in [-0.25, -0.2) is 0 Å². The second-order valence-electron chi connectivity index (χ2n) is 3.41. The summed E-state index contributed by atoms with van der Waals surface area (Å²) in [6.45, 7) is 2.57. The average molecular weight is 190 g/mol. The molecular formula is C11H14N2O. The molecule has 1 aromatic carbocycles. The molecule has 1 heterocycles. The molecule has 3 heteroatoms. The first-order valence-electron chi connectivity index (χ1n) is 4.61. The molecule has 0 spiro atoms. The van der Waals surface area contributed by atoms with Crippen molar-refractivity contribution in [2.75, 3.05) is 7.11 Å². The van der Waals surface area contributed by atoms with Crippen molar-refractivity contribution in [3.05, 3.63) is 29.5 Å². The minimum absolute atomic E-state index is 0.538. The maximum absolute atomic E-state index is 5.56. The van der Waals surface area contributed by atoms with Crippen LogP contribution in [0, 0.1) is 6.92 Å². The summed E-state index contributed by atoms with van der Waals surface area (Å²) in [4.78, 5) is 3.24. The van der Waals surface area contributed by atoms with E-state index in [1.165, 1.54) is 5.39 Å². The number of aryl methyl sites for hydroxylation is 1. The van der Waals surface area contributed by atoms with E-state index >= 15 is 0 Å². The zero-order chi connectivity index (χ0) is 10.1. The summed E-state index contributed by atoms with van der Waals surface area (Å²) in [7, 11) is 1.68. The Bertz CT molecular complexity index is 460. The second kappa shape index (κ2) is 3.35. The third-order valence-electron chi connectivity index (χ3n) is 2.41. The van der Waals surface area contributed by atoms with Gasteiger partial charge in [0.05, 0.1) is 7.11 Å². The van der Waals surface area contributed by atoms with Crippen LogP contribution >= 0.6 is 0 Å². The SMILES string of the molecule is COc1cc2[nH]c(CN)cc2cc1C. The number of hydrogen-bond donors (Lipinski definition) is 2. The Morgan fingerprint density at radius 2 is 2.14 bits per heavy atom. The first kappa shape index (κ1) is 9.09. The van der Waals surface area contributed by atoms with Crippen molar-refractivity contribution in [3.63, 3.8) is 0 Å². The van der Waals surface area contributed by atoms with Gasteiger partial charge in [0.1, 0.15) is 5.75 Å². The van der Waals surface area contributed by atoms with Crippen LogP contribution in [0.2, 0.25) is 0 Å². The fourth-order valence-corrected chi connectivity index (χ4v) is 1.66. The predicted molar refractivity (Wildman–Crippen MR) is 57.5 cm³/mol. The number of methoxy groups -OCH3 is 1. The molecule has 0 unspecified atom stereocenters. The van der Waals surface area contributed by atoms with Gasteiger partial charge in [-0.1, -0.05) is 0 Å². The number of hydrogen-bond acceptors (Lipinski definition) is 2. The normalized spacial score (nSPS) is 10.8. The summed E-state index contributed by atoms with van der Waals surface area (Å²) in [5.74, 6) is 0.905. The molecule has 3 nitrogen and oxygen atoms in total. The van der Waals surface area contributed by atoms with Crippen LogP contribution in [0.3, 0.4) is 0 Å². The number of fused-ring (bicyclic) bond motifs is 1. The molecule has 0 aliphatic heterocycles. The van der Waals surface area contributed by atoms with E-state index in [4.69, 9.17) is 10.5 Å². The highest BCUT2D eigenvalue weighted by molar-refractivity contribution is 5.83. The highest BCUT2D eigenvalue weighted by Gasteiger charge is 2.04. The number of rotatable bonds is 2. The topological polar surface area (TPSA) is 51.0 Å². The molecule has 0 bridgehead atoms. The Labute approximate surface area is 82.9 Å². The predicted octanol–water partition coefficient (Wildman–Crippen LogP) is 1.94. The smallest absolute Gasteiger partial charge is 0.123 e. The third-order valence-corrected chi connectivity index (χ3v) is 2.41. The molecule has 0 aliphatic rings. The van der Waals surface area contributed by atoms with E-state index in [0.29, 0.717) is 6.54 Å². The maximum Gasteiger partial charge on any atom is 0.123 e. The van der Waals surface area contributed by atoms with Crippen molar-refractivity contribution in [1.82, 2.24) is 4.98 Å². The maximum atomic E-state index is 5.56. The van der Waals surface area contributed by atoms with Crippen molar-refractivity contribution < 1.29 is 4.74 Å². The van der Waals surface area contributed by atoms with Gasteiger partial charge in [-0.2, -0.15) is 0 Å². The van der Waals surface area contributed by atoms with E-state index in [9.17, 15) is 0 Å². The van der Waals surface area contributed by atoms with Crippen molar-refractivity contribution in [3.8, 4) is 5.75 Å². The van der Waals surface area contributed by atoms with E-state index in [2.05, 4.69) is 17.1 Å². The van der Waals surface area contributed by atoms with Gasteiger partial charge < -0.3 is 15.5 Å². The fourth-order valence-electron chi connectivity index (χ4n) is 1.66. The summed E-state index contributed by atoms with van der Waals surface area (Å²) in [5, 5.41) is 1.18. The van der Waals surface area contributed by atoms with Crippen LogP contribution < -0.4 is 10.5 Å². The lowest BCUT2D eigenvalue weighted by atomic mass is 10.1. The summed E-state index contributed by atoms with van der Waals surface area (Å²) in [5.41, 5.74) is 8.83. The third kappa shape index (κ3) is 1.36. The summed E-state index contributed by atoms with van der Waals surface area (Å²) in [6, 6.07) is 6.18. The highest BCUT2D eigenvalue weighted by Crippen LogP contribution is 2.25. The molecule has 0 amide bonds. The molecule has 1 aromatic heterocycles. The van der Waals surface area contributed by atoms with Gasteiger partial charge in [0.25, 0.3) is 0 Å². The molecule has 0 atom stereocenters. The first-order chi connectivity index (χ1) is 6.74. The number of aromatic amines is 1. The van der Waals surface area contributed by atoms with Crippen molar-refractivity contribution in [1.29, 1.82) is 0 Å². The number of nitrogens with one attached hydrogen (secondary N) is 1. The Kier molecular flexibility index (Phi) is 2.17. The average Bonchev–Trinajstić information content (AvgIpc) is 2.58. The summed E-state index contributed by atoms with van der Waals surface area (Å²) in [6.07, 6.45) is 0. The molecule has 0 fully saturated rings. The standard InChI is InChI=1S/C11H14N2O/c1-7-3-8-4-9(6-12)13-10(8)5-11(7)14-2/h3-5,13H,6,12H2,1-2H3. The van der Waals surface area contributed by atoms with Gasteiger partial charge >= 0.3 is 0 Å². The zero-order valence-electron chi connectivity index (χ0n) is 8.42. The quantitative estimate of drug-likeness (QED) is 0.760. The Morgan fingerprint density at radius 3 is 2.79 bits per heavy atom. The lowest BCUT2D eigenvalue weighted by Gasteiger charge is -2.03. The van der Waals surface area contributed by atoms with E-state index < -0.39 is 0 Å². The number of aromatic nitrogens is 1. The van der Waals surface area contributed by atoms with E-state index in [-0.39, 0.29) is 0 Å². The van der Waals surface area contributed by atoms with Gasteiger partial charge in [-0.05, 0) is 24.6 Å². The van der Waals surface area contributed by atoms with Gasteiger partial charge in [0.2, 0.25) is 0 Å². The minimum Gasteiger partial charge on any atom is -0.496 e. The molecule has 2 aromatic rings. The Hall–Kier alpha value is -1.48. The van der Waals surface area contributed by atoms with Crippen LogP contribution in [0.1, 0.15) is 11.3 Å². The van der Waals surface area contributed by atoms with Crippen molar-refractivity contribution >= 4 is 10.9 Å². The summed E-state index contributed by atoms with van der Waals surface area (Å²) < 4.78 is 5.24. The van der Waals surface area contributed by atoms with Crippen LogP contribution in [-0.4, -0.2) is 12.1 Å². The molecule has 14 heavy (non-hydrogen) atoms. The number of nitrogens with two attached hydrogens (primary N) is 1. The van der Waals surface area contributed by atoms with Crippen LogP contribution in [0.25, 0.3) is 10.9 Å². The van der Waals surface area contributed by atoms with Gasteiger partial charge in [-0.15, -0.1) is 0 Å². The number of H-pyrrole nitrogens is 1. The Balaban J connectivity index is 2.64. The molecule has 2 rings (SSSR count). The fraction of sp³-hybridized carbons (Fsp3) is 0.273. The van der Waals surface area contributed by atoms with E-state index in [1.807, 2.05) is 13.0 Å². The first-order valence-corrected chi connectivity index (χ1v) is 4.61.